The maximum Gasteiger partial charge on any atom is 0.227 e. The third-order valence-corrected chi connectivity index (χ3v) is 3.10. The van der Waals surface area contributed by atoms with Crippen molar-refractivity contribution in [2.45, 2.75) is 18.9 Å². The first-order valence-corrected chi connectivity index (χ1v) is 5.44. The predicted molar refractivity (Wildman–Crippen MR) is 54.3 cm³/mol. The maximum absolute atomic E-state index is 11.7. The van der Waals surface area contributed by atoms with Crippen molar-refractivity contribution < 1.29 is 14.3 Å². The second kappa shape index (κ2) is 4.47. The van der Waals surface area contributed by atoms with E-state index in [4.69, 9.17) is 15.2 Å². The van der Waals surface area contributed by atoms with Gasteiger partial charge < -0.3 is 20.5 Å². The van der Waals surface area contributed by atoms with Gasteiger partial charge >= 0.3 is 0 Å². The second-order valence-electron chi connectivity index (χ2n) is 4.26. The van der Waals surface area contributed by atoms with Crippen molar-refractivity contribution in [3.63, 3.8) is 0 Å². The zero-order valence-corrected chi connectivity index (χ0v) is 8.83. The summed E-state index contributed by atoms with van der Waals surface area (Å²) >= 11 is 0. The van der Waals surface area contributed by atoms with Crippen molar-refractivity contribution in [3.05, 3.63) is 0 Å². The molecule has 1 amide bonds. The summed E-state index contributed by atoms with van der Waals surface area (Å²) in [5.41, 5.74) is 5.29. The van der Waals surface area contributed by atoms with Crippen molar-refractivity contribution in [3.8, 4) is 0 Å². The predicted octanol–water partition coefficient (Wildman–Crippen LogP) is -0.743. The van der Waals surface area contributed by atoms with Crippen LogP contribution in [0.25, 0.3) is 0 Å². The lowest BCUT2D eigenvalue weighted by Crippen LogP contribution is -2.43. The molecule has 1 saturated carbocycles. The van der Waals surface area contributed by atoms with Crippen molar-refractivity contribution in [1.82, 2.24) is 5.32 Å². The lowest BCUT2D eigenvalue weighted by Gasteiger charge is -2.24. The van der Waals surface area contributed by atoms with Crippen molar-refractivity contribution >= 4 is 5.91 Å². The zero-order valence-electron chi connectivity index (χ0n) is 8.83. The van der Waals surface area contributed by atoms with E-state index in [0.29, 0.717) is 32.9 Å². The van der Waals surface area contributed by atoms with Crippen LogP contribution in [-0.4, -0.2) is 44.9 Å². The monoisotopic (exact) mass is 214 g/mol. The highest BCUT2D eigenvalue weighted by atomic mass is 16.6. The third-order valence-electron chi connectivity index (χ3n) is 3.10. The number of hydrogen-bond acceptors (Lipinski definition) is 4. The largest absolute Gasteiger partial charge is 0.376 e. The molecule has 1 heterocycles. The molecule has 86 valence electrons. The molecule has 0 aromatic rings. The molecule has 3 N–H and O–H groups in total. The number of hydrogen-bond donors (Lipinski definition) is 2. The molecule has 0 spiro atoms. The average Bonchev–Trinajstić information content (AvgIpc) is 3.08. The average molecular weight is 214 g/mol. The fourth-order valence-corrected chi connectivity index (χ4v) is 1.72. The Balaban J connectivity index is 1.70. The van der Waals surface area contributed by atoms with Gasteiger partial charge in [0.15, 0.2) is 0 Å². The Morgan fingerprint density at radius 1 is 1.47 bits per heavy atom. The van der Waals surface area contributed by atoms with E-state index in [-0.39, 0.29) is 17.4 Å². The number of nitrogens with two attached hydrogens (primary N) is 1. The number of carbonyl (C=O) groups is 1. The molecule has 1 saturated heterocycles. The molecule has 1 unspecified atom stereocenters. The van der Waals surface area contributed by atoms with Crippen molar-refractivity contribution in [2.75, 3.05) is 32.9 Å². The molecule has 1 aliphatic carbocycles. The molecule has 5 heteroatoms. The standard InChI is InChI=1S/C10H18N2O3/c11-7-10(1-2-10)9(13)12-5-8-6-14-3-4-15-8/h8H,1-7,11H2,(H,12,13). The Hall–Kier alpha value is -0.650. The van der Waals surface area contributed by atoms with Gasteiger partial charge in [-0.2, -0.15) is 0 Å². The second-order valence-corrected chi connectivity index (χ2v) is 4.26. The van der Waals surface area contributed by atoms with Crippen LogP contribution >= 0.6 is 0 Å². The van der Waals surface area contributed by atoms with E-state index in [0.717, 1.165) is 12.8 Å². The molecule has 0 bridgehead atoms. The molecule has 0 aromatic carbocycles. The lowest BCUT2D eigenvalue weighted by atomic mass is 10.1. The molecule has 0 radical (unpaired) electrons. The van der Waals surface area contributed by atoms with Gasteiger partial charge in [-0.15, -0.1) is 0 Å². The quantitative estimate of drug-likeness (QED) is 0.646. The highest BCUT2D eigenvalue weighted by Crippen LogP contribution is 2.44. The molecule has 2 aliphatic rings. The van der Waals surface area contributed by atoms with Gasteiger partial charge in [-0.25, -0.2) is 0 Å². The van der Waals surface area contributed by atoms with E-state index < -0.39 is 0 Å². The minimum atomic E-state index is -0.268. The van der Waals surface area contributed by atoms with Crippen LogP contribution < -0.4 is 11.1 Å². The molecular formula is C10H18N2O3. The van der Waals surface area contributed by atoms with Gasteiger partial charge in [-0.1, -0.05) is 0 Å². The smallest absolute Gasteiger partial charge is 0.227 e. The molecule has 2 fully saturated rings. The molecule has 15 heavy (non-hydrogen) atoms. The number of nitrogens with one attached hydrogen (secondary N) is 1. The van der Waals surface area contributed by atoms with Gasteiger partial charge in [0, 0.05) is 13.1 Å². The van der Waals surface area contributed by atoms with Crippen LogP contribution in [0.3, 0.4) is 0 Å². The first-order valence-electron chi connectivity index (χ1n) is 5.44. The van der Waals surface area contributed by atoms with E-state index in [1.165, 1.54) is 0 Å². The normalized spacial score (nSPS) is 28.5. The van der Waals surface area contributed by atoms with E-state index >= 15 is 0 Å². The SMILES string of the molecule is NCC1(C(=O)NCC2COCCO2)CC1. The molecule has 2 rings (SSSR count). The van der Waals surface area contributed by atoms with E-state index in [2.05, 4.69) is 5.32 Å². The van der Waals surface area contributed by atoms with Crippen LogP contribution in [0, 0.1) is 5.41 Å². The van der Waals surface area contributed by atoms with Gasteiger partial charge in [0.1, 0.15) is 0 Å². The Bertz CT molecular complexity index is 235. The molecule has 5 nitrogen and oxygen atoms in total. The Morgan fingerprint density at radius 2 is 2.27 bits per heavy atom. The van der Waals surface area contributed by atoms with Crippen LogP contribution in [0.2, 0.25) is 0 Å². The summed E-state index contributed by atoms with van der Waals surface area (Å²) in [4.78, 5) is 11.7. The fourth-order valence-electron chi connectivity index (χ4n) is 1.72. The minimum absolute atomic E-state index is 0.00345. The van der Waals surface area contributed by atoms with Gasteiger partial charge in [-0.05, 0) is 12.8 Å². The summed E-state index contributed by atoms with van der Waals surface area (Å²) in [6.07, 6.45) is 1.82. The highest BCUT2D eigenvalue weighted by molar-refractivity contribution is 5.85. The number of ether oxygens (including phenoxy) is 2. The Kier molecular flexibility index (Phi) is 3.23. The summed E-state index contributed by atoms with van der Waals surface area (Å²) in [7, 11) is 0. The van der Waals surface area contributed by atoms with E-state index in [1.807, 2.05) is 0 Å². The van der Waals surface area contributed by atoms with Crippen LogP contribution in [0.5, 0.6) is 0 Å². The lowest BCUT2D eigenvalue weighted by molar-refractivity contribution is -0.128. The van der Waals surface area contributed by atoms with Gasteiger partial charge in [-0.3, -0.25) is 4.79 Å². The summed E-state index contributed by atoms with van der Waals surface area (Å²) in [6, 6.07) is 0. The van der Waals surface area contributed by atoms with Crippen molar-refractivity contribution in [2.24, 2.45) is 11.1 Å². The van der Waals surface area contributed by atoms with Gasteiger partial charge in [0.2, 0.25) is 5.91 Å². The Labute approximate surface area is 89.3 Å². The van der Waals surface area contributed by atoms with Gasteiger partial charge in [0.25, 0.3) is 0 Å². The minimum Gasteiger partial charge on any atom is -0.376 e. The Morgan fingerprint density at radius 3 is 2.80 bits per heavy atom. The number of amides is 1. The third kappa shape index (κ3) is 2.48. The van der Waals surface area contributed by atoms with E-state index in [9.17, 15) is 4.79 Å². The molecular weight excluding hydrogens is 196 g/mol. The topological polar surface area (TPSA) is 73.6 Å². The number of carbonyl (C=O) groups excluding carboxylic acids is 1. The van der Waals surface area contributed by atoms with Crippen LogP contribution in [0.4, 0.5) is 0 Å². The molecule has 1 atom stereocenters. The zero-order chi connectivity index (χ0) is 10.7. The number of rotatable bonds is 4. The molecule has 0 aromatic heterocycles. The fraction of sp³-hybridized carbons (Fsp3) is 0.900. The molecule has 1 aliphatic heterocycles. The summed E-state index contributed by atoms with van der Waals surface area (Å²) < 4.78 is 10.7. The van der Waals surface area contributed by atoms with Gasteiger partial charge in [0.05, 0.1) is 31.3 Å². The first kappa shape index (κ1) is 10.9. The summed E-state index contributed by atoms with van der Waals surface area (Å²) in [5.74, 6) is 0.0687. The first-order chi connectivity index (χ1) is 7.27. The highest BCUT2D eigenvalue weighted by Gasteiger charge is 2.48. The maximum atomic E-state index is 11.7. The van der Waals surface area contributed by atoms with Crippen LogP contribution in [0.15, 0.2) is 0 Å². The van der Waals surface area contributed by atoms with Crippen molar-refractivity contribution in [1.29, 1.82) is 0 Å². The van der Waals surface area contributed by atoms with Crippen LogP contribution in [-0.2, 0) is 14.3 Å². The summed E-state index contributed by atoms with van der Waals surface area (Å²) in [5, 5.41) is 2.88. The van der Waals surface area contributed by atoms with E-state index in [1.54, 1.807) is 0 Å². The van der Waals surface area contributed by atoms with Crippen LogP contribution in [0.1, 0.15) is 12.8 Å². The summed E-state index contributed by atoms with van der Waals surface area (Å²) in [6.45, 7) is 2.80.